The molecule has 16 heavy (non-hydrogen) atoms. The molecule has 0 radical (unpaired) electrons. The highest BCUT2D eigenvalue weighted by molar-refractivity contribution is 9.10. The van der Waals surface area contributed by atoms with Gasteiger partial charge in [-0.15, -0.1) is 0 Å². The number of nitrogen functional groups attached to an aromatic ring is 1. The molecule has 3 N–H and O–H groups in total. The van der Waals surface area contributed by atoms with Crippen LogP contribution in [0.4, 0.5) is 10.1 Å². The van der Waals surface area contributed by atoms with Crippen LogP contribution in [0.15, 0.2) is 16.6 Å². The minimum atomic E-state index is -0.576. The quantitative estimate of drug-likeness (QED) is 0.823. The first-order valence-electron chi connectivity index (χ1n) is 4.58. The number of amides is 1. The summed E-state index contributed by atoms with van der Waals surface area (Å²) >= 11 is 3.10. The Labute approximate surface area is 101 Å². The van der Waals surface area contributed by atoms with Crippen molar-refractivity contribution in [2.24, 2.45) is 0 Å². The molecule has 0 fully saturated rings. The van der Waals surface area contributed by atoms with Crippen LogP contribution in [-0.4, -0.2) is 36.1 Å². The number of anilines is 1. The van der Waals surface area contributed by atoms with E-state index in [1.54, 1.807) is 7.05 Å². The number of hydrogen-bond donors (Lipinski definition) is 2. The van der Waals surface area contributed by atoms with Crippen LogP contribution in [0, 0.1) is 5.82 Å². The Hall–Kier alpha value is -1.14. The van der Waals surface area contributed by atoms with E-state index in [4.69, 9.17) is 10.8 Å². The molecule has 0 spiro atoms. The second kappa shape index (κ2) is 5.27. The van der Waals surface area contributed by atoms with Crippen molar-refractivity contribution in [3.05, 3.63) is 28.0 Å². The molecular formula is C10H12BrFN2O2. The minimum Gasteiger partial charge on any atom is -0.396 e. The Balaban J connectivity index is 3.04. The lowest BCUT2D eigenvalue weighted by atomic mass is 10.1. The lowest BCUT2D eigenvalue weighted by Gasteiger charge is -2.16. The molecule has 0 aromatic heterocycles. The van der Waals surface area contributed by atoms with Crippen LogP contribution in [0.5, 0.6) is 0 Å². The third kappa shape index (κ3) is 2.70. The van der Waals surface area contributed by atoms with Gasteiger partial charge >= 0.3 is 0 Å². The van der Waals surface area contributed by atoms with Crippen LogP contribution in [-0.2, 0) is 0 Å². The molecule has 0 atom stereocenters. The summed E-state index contributed by atoms with van der Waals surface area (Å²) in [5.41, 5.74) is 5.58. The Morgan fingerprint density at radius 3 is 2.81 bits per heavy atom. The molecule has 0 aliphatic carbocycles. The molecule has 0 saturated heterocycles. The van der Waals surface area contributed by atoms with Crippen LogP contribution in [0.2, 0.25) is 0 Å². The van der Waals surface area contributed by atoms with Gasteiger partial charge in [0.1, 0.15) is 5.82 Å². The zero-order valence-corrected chi connectivity index (χ0v) is 10.3. The van der Waals surface area contributed by atoms with E-state index in [2.05, 4.69) is 15.9 Å². The Morgan fingerprint density at radius 2 is 2.25 bits per heavy atom. The second-order valence-electron chi connectivity index (χ2n) is 3.30. The molecule has 0 heterocycles. The van der Waals surface area contributed by atoms with Crippen LogP contribution >= 0.6 is 15.9 Å². The molecule has 1 aromatic rings. The molecule has 4 nitrogen and oxygen atoms in total. The monoisotopic (exact) mass is 290 g/mol. The maximum absolute atomic E-state index is 13.1. The first-order valence-corrected chi connectivity index (χ1v) is 5.37. The van der Waals surface area contributed by atoms with E-state index in [1.807, 2.05) is 0 Å². The van der Waals surface area contributed by atoms with E-state index in [9.17, 15) is 9.18 Å². The predicted octanol–water partition coefficient (Wildman–Crippen LogP) is 1.23. The van der Waals surface area contributed by atoms with Gasteiger partial charge in [0.2, 0.25) is 0 Å². The number of aliphatic hydroxyl groups is 1. The molecule has 0 saturated carbocycles. The van der Waals surface area contributed by atoms with Crippen LogP contribution < -0.4 is 5.73 Å². The fourth-order valence-electron chi connectivity index (χ4n) is 1.19. The molecule has 0 aliphatic rings. The summed E-state index contributed by atoms with van der Waals surface area (Å²) in [5, 5.41) is 8.71. The number of hydrogen-bond acceptors (Lipinski definition) is 3. The van der Waals surface area contributed by atoms with Gasteiger partial charge in [0, 0.05) is 18.1 Å². The maximum Gasteiger partial charge on any atom is 0.254 e. The lowest BCUT2D eigenvalue weighted by molar-refractivity contribution is 0.0766. The highest BCUT2D eigenvalue weighted by Gasteiger charge is 2.16. The van der Waals surface area contributed by atoms with E-state index in [-0.39, 0.29) is 30.3 Å². The van der Waals surface area contributed by atoms with Gasteiger partial charge < -0.3 is 15.7 Å². The standard InChI is InChI=1S/C10H12BrFN2O2/c1-14(2-3-15)10(16)6-4-9(13)8(12)5-7(6)11/h4-5,15H,2-3,13H2,1H3. The lowest BCUT2D eigenvalue weighted by Crippen LogP contribution is -2.29. The molecular weight excluding hydrogens is 279 g/mol. The van der Waals surface area contributed by atoms with E-state index < -0.39 is 5.82 Å². The SMILES string of the molecule is CN(CCO)C(=O)c1cc(N)c(F)cc1Br. The van der Waals surface area contributed by atoms with E-state index in [0.717, 1.165) is 6.07 Å². The fourth-order valence-corrected chi connectivity index (χ4v) is 1.67. The van der Waals surface area contributed by atoms with Crippen molar-refractivity contribution >= 4 is 27.5 Å². The van der Waals surface area contributed by atoms with Crippen LogP contribution in [0.3, 0.4) is 0 Å². The smallest absolute Gasteiger partial charge is 0.254 e. The number of nitrogens with two attached hydrogens (primary N) is 1. The summed E-state index contributed by atoms with van der Waals surface area (Å²) in [5.74, 6) is -0.902. The van der Waals surface area contributed by atoms with E-state index in [0.29, 0.717) is 4.47 Å². The summed E-state index contributed by atoms with van der Waals surface area (Å²) in [7, 11) is 1.55. The highest BCUT2D eigenvalue weighted by Crippen LogP contribution is 2.23. The van der Waals surface area contributed by atoms with Crippen molar-refractivity contribution in [3.8, 4) is 0 Å². The van der Waals surface area contributed by atoms with Gasteiger partial charge in [-0.05, 0) is 28.1 Å². The van der Waals surface area contributed by atoms with E-state index >= 15 is 0 Å². The Bertz CT molecular complexity index is 412. The van der Waals surface area contributed by atoms with Crippen LogP contribution in [0.1, 0.15) is 10.4 Å². The van der Waals surface area contributed by atoms with Crippen LogP contribution in [0.25, 0.3) is 0 Å². The first-order chi connectivity index (χ1) is 7.47. The number of aliphatic hydroxyl groups excluding tert-OH is 1. The summed E-state index contributed by atoms with van der Waals surface area (Å²) in [4.78, 5) is 13.2. The summed E-state index contributed by atoms with van der Waals surface area (Å²) in [6, 6.07) is 2.42. The number of benzene rings is 1. The van der Waals surface area contributed by atoms with Gasteiger partial charge in [0.25, 0.3) is 5.91 Å². The van der Waals surface area contributed by atoms with Gasteiger partial charge in [-0.25, -0.2) is 4.39 Å². The molecule has 88 valence electrons. The zero-order chi connectivity index (χ0) is 12.3. The predicted molar refractivity (Wildman–Crippen MR) is 62.6 cm³/mol. The zero-order valence-electron chi connectivity index (χ0n) is 8.70. The largest absolute Gasteiger partial charge is 0.396 e. The average molecular weight is 291 g/mol. The molecule has 1 rings (SSSR count). The van der Waals surface area contributed by atoms with E-state index in [1.165, 1.54) is 11.0 Å². The van der Waals surface area contributed by atoms with Crippen molar-refractivity contribution in [2.75, 3.05) is 25.9 Å². The van der Waals surface area contributed by atoms with Gasteiger partial charge in [-0.1, -0.05) is 0 Å². The van der Waals surface area contributed by atoms with Crippen molar-refractivity contribution < 1.29 is 14.3 Å². The van der Waals surface area contributed by atoms with Gasteiger partial charge in [-0.3, -0.25) is 4.79 Å². The maximum atomic E-state index is 13.1. The minimum absolute atomic E-state index is 0.0797. The van der Waals surface area contributed by atoms with Crippen molar-refractivity contribution in [1.29, 1.82) is 0 Å². The van der Waals surface area contributed by atoms with Gasteiger partial charge in [0.05, 0.1) is 17.9 Å². The van der Waals surface area contributed by atoms with Crippen molar-refractivity contribution in [1.82, 2.24) is 4.90 Å². The summed E-state index contributed by atoms with van der Waals surface area (Å²) < 4.78 is 13.4. The topological polar surface area (TPSA) is 66.6 Å². The molecule has 6 heteroatoms. The highest BCUT2D eigenvalue weighted by atomic mass is 79.9. The number of nitrogens with zero attached hydrogens (tertiary/aromatic N) is 1. The molecule has 0 aliphatic heterocycles. The number of halogens is 2. The molecule has 0 bridgehead atoms. The summed E-state index contributed by atoms with van der Waals surface area (Å²) in [6.45, 7) is 0.0824. The number of likely N-dealkylation sites (N-methyl/N-ethyl adjacent to an activating group) is 1. The van der Waals surface area contributed by atoms with Crippen molar-refractivity contribution in [2.45, 2.75) is 0 Å². The molecule has 0 unspecified atom stereocenters. The fraction of sp³-hybridized carbons (Fsp3) is 0.300. The number of rotatable bonds is 3. The first kappa shape index (κ1) is 12.9. The number of carbonyl (C=O) groups is 1. The summed E-state index contributed by atoms with van der Waals surface area (Å²) in [6.07, 6.45) is 0. The Kier molecular flexibility index (Phi) is 4.26. The van der Waals surface area contributed by atoms with Gasteiger partial charge in [-0.2, -0.15) is 0 Å². The number of carbonyl (C=O) groups excluding carboxylic acids is 1. The van der Waals surface area contributed by atoms with Crippen molar-refractivity contribution in [3.63, 3.8) is 0 Å². The molecule has 1 amide bonds. The Morgan fingerprint density at radius 1 is 1.62 bits per heavy atom. The third-order valence-electron chi connectivity index (χ3n) is 2.10. The molecule has 1 aromatic carbocycles. The third-order valence-corrected chi connectivity index (χ3v) is 2.75. The normalized spacial score (nSPS) is 10.2. The average Bonchev–Trinajstić information content (AvgIpc) is 2.23. The van der Waals surface area contributed by atoms with Gasteiger partial charge in [0.15, 0.2) is 0 Å². The second-order valence-corrected chi connectivity index (χ2v) is 4.16.